The van der Waals surface area contributed by atoms with Crippen LogP contribution in [0.15, 0.2) is 205 Å². The van der Waals surface area contributed by atoms with Gasteiger partial charge in [-0.05, 0) is 162 Å². The van der Waals surface area contributed by atoms with Gasteiger partial charge in [-0.3, -0.25) is 4.72 Å². The number of sulfonamides is 2. The van der Waals surface area contributed by atoms with Crippen molar-refractivity contribution >= 4 is 58.8 Å². The summed E-state index contributed by atoms with van der Waals surface area (Å²) in [6.07, 6.45) is -11.0. The average molecular weight is 1420 g/mol. The van der Waals surface area contributed by atoms with Gasteiger partial charge in [0.25, 0.3) is 0 Å². The van der Waals surface area contributed by atoms with Crippen molar-refractivity contribution in [1.29, 1.82) is 0 Å². The molecule has 15 rings (SSSR count). The number of hydrogen-bond donors (Lipinski definition) is 6. The highest BCUT2D eigenvalue weighted by Crippen LogP contribution is 2.57. The molecule has 0 spiro atoms. The van der Waals surface area contributed by atoms with Crippen molar-refractivity contribution in [3.63, 3.8) is 0 Å². The van der Waals surface area contributed by atoms with Crippen LogP contribution in [0.1, 0.15) is 125 Å². The lowest BCUT2D eigenvalue weighted by atomic mass is 9.89. The van der Waals surface area contributed by atoms with Crippen molar-refractivity contribution in [2.24, 2.45) is 5.14 Å². The Bertz CT molecular complexity index is 5350. The van der Waals surface area contributed by atoms with Crippen LogP contribution in [0.4, 0.5) is 58.4 Å². The van der Waals surface area contributed by atoms with Crippen LogP contribution in [-0.2, 0) is 44.2 Å². The molecule has 0 aliphatic heterocycles. The summed E-state index contributed by atoms with van der Waals surface area (Å²) in [6.45, 7) is 3.53. The van der Waals surface area contributed by atoms with Crippen molar-refractivity contribution in [1.82, 2.24) is 29.9 Å². The Labute approximate surface area is 563 Å². The van der Waals surface area contributed by atoms with Gasteiger partial charge in [0.1, 0.15) is 17.5 Å². The van der Waals surface area contributed by atoms with E-state index >= 15 is 0 Å². The Morgan fingerprint density at radius 1 is 0.420 bits per heavy atom. The number of nitrogens with zero attached hydrogens (tertiary/aromatic N) is 3. The maximum absolute atomic E-state index is 13.1. The number of primary sulfonamides is 1. The summed E-state index contributed by atoms with van der Waals surface area (Å²) in [6, 6.07) is 52.3. The quantitative estimate of drug-likeness (QED) is 0.0610. The first-order valence-corrected chi connectivity index (χ1v) is 34.2. The number of halogens is 12. The Kier molecular flexibility index (Phi) is 17.5. The van der Waals surface area contributed by atoms with Crippen molar-refractivity contribution < 1.29 is 74.6 Å². The molecule has 27 heteroatoms. The SMILES string of the molecule is CC(C)(O)c1ccccc1-c1ccc2nc(C3CC3c3cccc(C(F)(F)F)c3)[nH]c2c1.NS(=O)(=O)c1ccccc1-c1ccc2nc(C3CC3c3cccc(C(F)(F)F)c3)[nH]c2c1.O=S(=O)(Nc1ccccc1-c1ccc2nc(C3CC3c3cccc(C(F)(F)F)c3)[nH]c2c1)C(F)(F)F. The van der Waals surface area contributed by atoms with E-state index in [4.69, 9.17) is 10.1 Å². The average Bonchev–Trinajstić information content (AvgIpc) is 1.59. The third-order valence-corrected chi connectivity index (χ3v) is 20.1. The van der Waals surface area contributed by atoms with Crippen LogP contribution in [0.3, 0.4) is 0 Å². The molecule has 3 aliphatic rings. The molecule has 3 fully saturated rings. The zero-order valence-corrected chi connectivity index (χ0v) is 54.1. The topological polar surface area (TPSA) is 213 Å². The number of alkyl halides is 12. The number of imidazole rings is 3. The number of para-hydroxylation sites is 1. The minimum absolute atomic E-state index is 0.00559. The molecule has 100 heavy (non-hydrogen) atoms. The molecular formula is C73H58F12N8O5S2. The fourth-order valence-electron chi connectivity index (χ4n) is 12.8. The van der Waals surface area contributed by atoms with Gasteiger partial charge in [-0.1, -0.05) is 133 Å². The van der Waals surface area contributed by atoms with Crippen molar-refractivity contribution in [3.8, 4) is 33.4 Å². The van der Waals surface area contributed by atoms with E-state index in [9.17, 15) is 74.6 Å². The van der Waals surface area contributed by atoms with Gasteiger partial charge >= 0.3 is 34.1 Å². The van der Waals surface area contributed by atoms with E-state index in [1.807, 2.05) is 42.5 Å². The van der Waals surface area contributed by atoms with E-state index in [0.29, 0.717) is 74.4 Å². The van der Waals surface area contributed by atoms with Gasteiger partial charge in [-0.15, -0.1) is 0 Å². The summed E-state index contributed by atoms with van der Waals surface area (Å²) in [5, 5.41) is 15.9. The van der Waals surface area contributed by atoms with Crippen LogP contribution in [-0.4, -0.2) is 57.4 Å². The highest BCUT2D eigenvalue weighted by Gasteiger charge is 2.48. The van der Waals surface area contributed by atoms with E-state index in [2.05, 4.69) is 24.9 Å². The molecular weight excluding hydrogens is 1360 g/mol. The Morgan fingerprint density at radius 2 is 0.770 bits per heavy atom. The third kappa shape index (κ3) is 14.6. The first kappa shape index (κ1) is 68.7. The maximum atomic E-state index is 13.1. The molecule has 3 aromatic heterocycles. The van der Waals surface area contributed by atoms with Gasteiger partial charge in [-0.2, -0.15) is 61.1 Å². The summed E-state index contributed by atoms with van der Waals surface area (Å²) in [7, 11) is -9.50. The lowest BCUT2D eigenvalue weighted by Gasteiger charge is -2.21. The fraction of sp³-hybridized carbons (Fsp3) is 0.219. The number of nitrogens with two attached hydrogens (primary N) is 1. The van der Waals surface area contributed by atoms with Gasteiger partial charge in [0.05, 0.1) is 66.0 Å². The number of aromatic amines is 3. The molecule has 0 bridgehead atoms. The predicted molar refractivity (Wildman–Crippen MR) is 354 cm³/mol. The standard InChI is InChI=1S/C26H23F3N2O.C24H17F6N3O2S.C23H18F3N3O2S/c1-25(2,32)21-9-4-3-8-18(21)16-10-11-22-23(13-16)31-24(30-22)20-14-19(20)15-6-5-7-17(12-15)26(27,28)29;25-23(26,27)15-5-3-4-13(10-15)17-12-18(17)22-31-20-9-8-14(11-21(20)32-22)16-6-1-2-7-19(16)33-36(34,35)24(28,29)30;24-23(25,26)15-5-3-4-13(10-15)17-12-18(17)22-28-19-9-8-14(11-20(19)29-22)16-6-1-2-7-21(16)32(27,30)31/h3-13,19-20,32H,14H2,1-2H3,(H,30,31);1-11,17-18,33H,12H2,(H,31,32);1-11,17-18H,12H2,(H,28,29)(H2,27,30,31). The molecule has 516 valence electrons. The fourth-order valence-corrected chi connectivity index (χ4v) is 14.1. The van der Waals surface area contributed by atoms with E-state index in [0.717, 1.165) is 69.8 Å². The normalized spacial score (nSPS) is 18.6. The highest BCUT2D eigenvalue weighted by molar-refractivity contribution is 7.93. The summed E-state index contributed by atoms with van der Waals surface area (Å²) in [4.78, 5) is 23.7. The Balaban J connectivity index is 0.000000135. The summed E-state index contributed by atoms with van der Waals surface area (Å²) >= 11 is 0. The first-order chi connectivity index (χ1) is 47.1. The van der Waals surface area contributed by atoms with Crippen LogP contribution >= 0.6 is 0 Å². The van der Waals surface area contributed by atoms with Gasteiger partial charge < -0.3 is 20.1 Å². The smallest absolute Gasteiger partial charge is 0.386 e. The molecule has 0 radical (unpaired) electrons. The number of H-pyrrole nitrogens is 3. The molecule has 0 saturated heterocycles. The Hall–Kier alpha value is -9.83. The van der Waals surface area contributed by atoms with Gasteiger partial charge in [0, 0.05) is 28.9 Å². The number of hydrogen-bond acceptors (Lipinski definition) is 8. The highest BCUT2D eigenvalue weighted by atomic mass is 32.2. The number of rotatable bonds is 13. The third-order valence-electron chi connectivity index (χ3n) is 18.0. The second-order valence-corrected chi connectivity index (χ2v) is 28.7. The Morgan fingerprint density at radius 3 is 1.15 bits per heavy atom. The molecule has 6 unspecified atom stereocenters. The number of aliphatic hydroxyl groups is 1. The summed E-state index contributed by atoms with van der Waals surface area (Å²) < 4.78 is 205. The molecule has 9 aromatic carbocycles. The minimum Gasteiger partial charge on any atom is -0.386 e. The molecule has 0 amide bonds. The van der Waals surface area contributed by atoms with Gasteiger partial charge in [0.15, 0.2) is 0 Å². The zero-order chi connectivity index (χ0) is 71.2. The van der Waals surface area contributed by atoms with Gasteiger partial charge in [0.2, 0.25) is 10.0 Å². The second-order valence-electron chi connectivity index (χ2n) is 25.5. The summed E-state index contributed by atoms with van der Waals surface area (Å²) in [5.74, 6) is 1.98. The lowest BCUT2D eigenvalue weighted by Crippen LogP contribution is -2.30. The number of aromatic nitrogens is 6. The van der Waals surface area contributed by atoms with E-state index in [1.54, 1.807) is 97.4 Å². The maximum Gasteiger partial charge on any atom is 0.516 e. The summed E-state index contributed by atoms with van der Waals surface area (Å²) in [5.41, 5.74) is 2.10. The van der Waals surface area contributed by atoms with Gasteiger partial charge in [-0.25, -0.2) is 28.5 Å². The second kappa shape index (κ2) is 25.4. The van der Waals surface area contributed by atoms with Crippen LogP contribution in [0.25, 0.3) is 66.5 Å². The number of anilines is 1. The van der Waals surface area contributed by atoms with E-state index in [1.165, 1.54) is 54.6 Å². The molecule has 6 atom stereocenters. The largest absolute Gasteiger partial charge is 0.516 e. The van der Waals surface area contributed by atoms with E-state index < -0.39 is 66.4 Å². The van der Waals surface area contributed by atoms with Crippen LogP contribution < -0.4 is 9.86 Å². The monoisotopic (exact) mass is 1420 g/mol. The number of benzene rings is 9. The van der Waals surface area contributed by atoms with Crippen LogP contribution in [0.2, 0.25) is 0 Å². The lowest BCUT2D eigenvalue weighted by molar-refractivity contribution is -0.138. The van der Waals surface area contributed by atoms with Crippen molar-refractivity contribution in [2.75, 3.05) is 4.72 Å². The van der Waals surface area contributed by atoms with Crippen LogP contribution in [0, 0.1) is 0 Å². The molecule has 3 saturated carbocycles. The molecule has 13 nitrogen and oxygen atoms in total. The van der Waals surface area contributed by atoms with Crippen LogP contribution in [0.5, 0.6) is 0 Å². The number of fused-ring (bicyclic) bond motifs is 3. The zero-order valence-electron chi connectivity index (χ0n) is 52.5. The first-order valence-electron chi connectivity index (χ1n) is 31.2. The molecule has 3 heterocycles. The van der Waals surface area contributed by atoms with E-state index in [-0.39, 0.29) is 51.7 Å². The van der Waals surface area contributed by atoms with Crippen molar-refractivity contribution in [2.45, 2.75) is 103 Å². The molecule has 12 aromatic rings. The number of nitrogens with one attached hydrogen (secondary N) is 4. The molecule has 3 aliphatic carbocycles. The molecule has 7 N–H and O–H groups in total. The van der Waals surface area contributed by atoms with Crippen molar-refractivity contribution in [3.05, 3.63) is 257 Å². The minimum atomic E-state index is -5.61. The predicted octanol–water partition coefficient (Wildman–Crippen LogP) is 18.7.